The summed E-state index contributed by atoms with van der Waals surface area (Å²) < 4.78 is 5.11. The van der Waals surface area contributed by atoms with Gasteiger partial charge in [0.15, 0.2) is 0 Å². The summed E-state index contributed by atoms with van der Waals surface area (Å²) in [6, 6.07) is 17.4. The zero-order chi connectivity index (χ0) is 20.5. The van der Waals surface area contributed by atoms with Gasteiger partial charge in [0, 0.05) is 45.4 Å². The molecule has 1 fully saturated rings. The number of carbonyl (C=O) groups excluding carboxylic acids is 2. The fourth-order valence-electron chi connectivity index (χ4n) is 3.48. The maximum atomic E-state index is 12.6. The summed E-state index contributed by atoms with van der Waals surface area (Å²) in [7, 11) is 1.67. The Kier molecular flexibility index (Phi) is 7.78. The molecule has 0 saturated carbocycles. The van der Waals surface area contributed by atoms with Crippen molar-refractivity contribution in [3.63, 3.8) is 0 Å². The van der Waals surface area contributed by atoms with Crippen LogP contribution in [0.5, 0.6) is 0 Å². The molecule has 3 rings (SSSR count). The topological polar surface area (TPSA) is 61.9 Å². The van der Waals surface area contributed by atoms with Crippen molar-refractivity contribution in [2.75, 3.05) is 39.8 Å². The van der Waals surface area contributed by atoms with Gasteiger partial charge in [-0.15, -0.1) is 0 Å². The molecule has 0 bridgehead atoms. The second-order valence-electron chi connectivity index (χ2n) is 7.31. The molecule has 0 spiro atoms. The second-order valence-corrected chi connectivity index (χ2v) is 7.31. The highest BCUT2D eigenvalue weighted by Gasteiger charge is 2.21. The van der Waals surface area contributed by atoms with Gasteiger partial charge in [-0.1, -0.05) is 42.5 Å². The molecule has 154 valence electrons. The molecule has 0 aromatic heterocycles. The molecule has 1 N–H and O–H groups in total. The van der Waals surface area contributed by atoms with Crippen molar-refractivity contribution in [3.05, 3.63) is 71.3 Å². The minimum Gasteiger partial charge on any atom is -0.380 e. The van der Waals surface area contributed by atoms with Gasteiger partial charge in [-0.25, -0.2) is 0 Å². The maximum Gasteiger partial charge on any atom is 0.253 e. The van der Waals surface area contributed by atoms with Crippen LogP contribution in [0.15, 0.2) is 54.6 Å². The molecule has 29 heavy (non-hydrogen) atoms. The molecule has 0 radical (unpaired) electrons. The van der Waals surface area contributed by atoms with Gasteiger partial charge in [-0.2, -0.15) is 0 Å². The Morgan fingerprint density at radius 3 is 2.38 bits per heavy atom. The first kappa shape index (κ1) is 21.0. The number of carbonyl (C=O) groups is 2. The summed E-state index contributed by atoms with van der Waals surface area (Å²) in [6.07, 6.45) is 0.868. The number of benzene rings is 2. The van der Waals surface area contributed by atoms with E-state index in [1.54, 1.807) is 7.11 Å². The number of rotatable bonds is 7. The van der Waals surface area contributed by atoms with Gasteiger partial charge in [0.25, 0.3) is 5.91 Å². The average molecular weight is 396 g/mol. The first-order chi connectivity index (χ1) is 14.2. The Balaban J connectivity index is 1.43. The van der Waals surface area contributed by atoms with Crippen molar-refractivity contribution in [2.45, 2.75) is 19.6 Å². The first-order valence-electron chi connectivity index (χ1n) is 10.1. The maximum absolute atomic E-state index is 12.6. The van der Waals surface area contributed by atoms with E-state index in [1.165, 1.54) is 0 Å². The third kappa shape index (κ3) is 6.41. The number of methoxy groups -OCH3 is 1. The van der Waals surface area contributed by atoms with Crippen molar-refractivity contribution in [1.82, 2.24) is 15.1 Å². The summed E-state index contributed by atoms with van der Waals surface area (Å²) in [5, 5.41) is 2.99. The summed E-state index contributed by atoms with van der Waals surface area (Å²) in [6.45, 7) is 4.34. The van der Waals surface area contributed by atoms with Crippen LogP contribution in [-0.4, -0.2) is 61.4 Å². The Morgan fingerprint density at radius 2 is 1.66 bits per heavy atom. The van der Waals surface area contributed by atoms with Gasteiger partial charge in [0.05, 0.1) is 13.2 Å². The van der Waals surface area contributed by atoms with Crippen LogP contribution in [0, 0.1) is 0 Å². The van der Waals surface area contributed by atoms with Gasteiger partial charge >= 0.3 is 0 Å². The molecule has 2 aromatic carbocycles. The summed E-state index contributed by atoms with van der Waals surface area (Å²) >= 11 is 0. The van der Waals surface area contributed by atoms with Crippen LogP contribution in [0.4, 0.5) is 0 Å². The lowest BCUT2D eigenvalue weighted by atomic mass is 10.1. The van der Waals surface area contributed by atoms with Crippen molar-refractivity contribution in [1.29, 1.82) is 0 Å². The molecule has 2 aromatic rings. The molecule has 2 amide bonds. The van der Waals surface area contributed by atoms with Crippen LogP contribution in [0.2, 0.25) is 0 Å². The third-order valence-corrected chi connectivity index (χ3v) is 5.09. The van der Waals surface area contributed by atoms with E-state index in [4.69, 9.17) is 4.74 Å². The number of ether oxygens (including phenoxy) is 1. The van der Waals surface area contributed by atoms with Crippen LogP contribution in [0.3, 0.4) is 0 Å². The number of amides is 2. The van der Waals surface area contributed by atoms with E-state index in [9.17, 15) is 9.59 Å². The minimum atomic E-state index is 0.00815. The number of nitrogens with one attached hydrogen (secondary N) is 1. The summed E-state index contributed by atoms with van der Waals surface area (Å²) in [5.41, 5.74) is 2.89. The highest BCUT2D eigenvalue weighted by Crippen LogP contribution is 2.09. The van der Waals surface area contributed by atoms with Crippen LogP contribution in [0.1, 0.15) is 27.9 Å². The summed E-state index contributed by atoms with van der Waals surface area (Å²) in [5.74, 6) is 0.0719. The Labute approximate surface area is 172 Å². The highest BCUT2D eigenvalue weighted by molar-refractivity contribution is 5.94. The lowest BCUT2D eigenvalue weighted by Gasteiger charge is -2.22. The molecule has 6 heteroatoms. The van der Waals surface area contributed by atoms with Crippen molar-refractivity contribution >= 4 is 11.8 Å². The predicted octanol–water partition coefficient (Wildman–Crippen LogP) is 2.30. The number of hydrogen-bond acceptors (Lipinski definition) is 4. The van der Waals surface area contributed by atoms with Gasteiger partial charge in [-0.3, -0.25) is 14.5 Å². The minimum absolute atomic E-state index is 0.00815. The Morgan fingerprint density at radius 1 is 0.931 bits per heavy atom. The molecule has 1 heterocycles. The highest BCUT2D eigenvalue weighted by atomic mass is 16.5. The molecule has 0 unspecified atom stereocenters. The van der Waals surface area contributed by atoms with E-state index < -0.39 is 0 Å². The van der Waals surface area contributed by atoms with Crippen LogP contribution >= 0.6 is 0 Å². The van der Waals surface area contributed by atoms with E-state index in [-0.39, 0.29) is 11.8 Å². The molecule has 1 saturated heterocycles. The number of nitrogens with zero attached hydrogens (tertiary/aromatic N) is 2. The van der Waals surface area contributed by atoms with Gasteiger partial charge < -0.3 is 15.0 Å². The van der Waals surface area contributed by atoms with Gasteiger partial charge in [-0.05, 0) is 29.7 Å². The van der Waals surface area contributed by atoms with Crippen molar-refractivity contribution < 1.29 is 14.3 Å². The van der Waals surface area contributed by atoms with E-state index >= 15 is 0 Å². The van der Waals surface area contributed by atoms with Crippen LogP contribution in [-0.2, 0) is 22.7 Å². The largest absolute Gasteiger partial charge is 0.380 e. The SMILES string of the molecule is COCc1ccc(CNC(=O)CN2CCCN(C(=O)c3ccccc3)CC2)cc1. The first-order valence-corrected chi connectivity index (χ1v) is 10.1. The molecule has 6 nitrogen and oxygen atoms in total. The third-order valence-electron chi connectivity index (χ3n) is 5.09. The molecule has 1 aliphatic heterocycles. The molecular formula is C23H29N3O3. The van der Waals surface area contributed by atoms with E-state index in [0.29, 0.717) is 32.8 Å². The normalized spacial score (nSPS) is 15.0. The van der Waals surface area contributed by atoms with E-state index in [1.807, 2.05) is 59.5 Å². The van der Waals surface area contributed by atoms with E-state index in [0.717, 1.165) is 36.2 Å². The molecule has 1 aliphatic rings. The lowest BCUT2D eigenvalue weighted by Crippen LogP contribution is -2.39. The van der Waals surface area contributed by atoms with Crippen molar-refractivity contribution in [2.24, 2.45) is 0 Å². The standard InChI is InChI=1S/C23H29N3O3/c1-29-18-20-10-8-19(9-11-20)16-24-22(27)17-25-12-5-13-26(15-14-25)23(28)21-6-3-2-4-7-21/h2-4,6-11H,5,12-18H2,1H3,(H,24,27). The second kappa shape index (κ2) is 10.7. The lowest BCUT2D eigenvalue weighted by molar-refractivity contribution is -0.122. The van der Waals surface area contributed by atoms with E-state index in [2.05, 4.69) is 10.2 Å². The van der Waals surface area contributed by atoms with Crippen LogP contribution < -0.4 is 5.32 Å². The summed E-state index contributed by atoms with van der Waals surface area (Å²) in [4.78, 5) is 29.0. The predicted molar refractivity (Wildman–Crippen MR) is 112 cm³/mol. The fraction of sp³-hybridized carbons (Fsp3) is 0.391. The molecular weight excluding hydrogens is 366 g/mol. The molecule has 0 atom stereocenters. The van der Waals surface area contributed by atoms with Crippen LogP contribution in [0.25, 0.3) is 0 Å². The Bertz CT molecular complexity index is 793. The zero-order valence-electron chi connectivity index (χ0n) is 17.0. The quantitative estimate of drug-likeness (QED) is 0.782. The monoisotopic (exact) mass is 395 g/mol. The number of hydrogen-bond donors (Lipinski definition) is 1. The van der Waals surface area contributed by atoms with Crippen molar-refractivity contribution in [3.8, 4) is 0 Å². The zero-order valence-corrected chi connectivity index (χ0v) is 17.0. The Hall–Kier alpha value is -2.70. The molecule has 0 aliphatic carbocycles. The smallest absolute Gasteiger partial charge is 0.253 e. The van der Waals surface area contributed by atoms with Gasteiger partial charge in [0.2, 0.25) is 5.91 Å². The average Bonchev–Trinajstić information content (AvgIpc) is 2.99. The fourth-order valence-corrected chi connectivity index (χ4v) is 3.48. The van der Waals surface area contributed by atoms with Gasteiger partial charge in [0.1, 0.15) is 0 Å².